The van der Waals surface area contributed by atoms with Gasteiger partial charge in [0, 0.05) is 0 Å². The summed E-state index contributed by atoms with van der Waals surface area (Å²) in [6.45, 7) is 2.26. The number of allylic oxidation sites excluding steroid dienone is 4. The summed E-state index contributed by atoms with van der Waals surface area (Å²) in [5.41, 5.74) is 2.62. The summed E-state index contributed by atoms with van der Waals surface area (Å²) in [6.07, 6.45) is 13.6. The van der Waals surface area contributed by atoms with Crippen molar-refractivity contribution in [2.45, 2.75) is 39.0 Å². The second-order valence-corrected chi connectivity index (χ2v) is 5.24. The minimum absolute atomic E-state index is 0.744. The van der Waals surface area contributed by atoms with E-state index in [4.69, 9.17) is 4.74 Å². The number of hydrogen-bond acceptors (Lipinski definition) is 1. The van der Waals surface area contributed by atoms with Crippen molar-refractivity contribution in [2.75, 3.05) is 7.11 Å². The van der Waals surface area contributed by atoms with E-state index in [9.17, 15) is 0 Å². The molecule has 19 heavy (non-hydrogen) atoms. The molecule has 1 aromatic carbocycles. The Balaban J connectivity index is 1.91. The first-order valence-corrected chi connectivity index (χ1v) is 7.36. The third kappa shape index (κ3) is 3.99. The van der Waals surface area contributed by atoms with E-state index < -0.39 is 0 Å². The fraction of sp³-hybridized carbons (Fsp3) is 0.444. The van der Waals surface area contributed by atoms with Crippen LogP contribution < -0.4 is 4.74 Å². The molecule has 0 bridgehead atoms. The lowest BCUT2D eigenvalue weighted by Crippen LogP contribution is -1.99. The van der Waals surface area contributed by atoms with Gasteiger partial charge < -0.3 is 4.74 Å². The molecule has 0 amide bonds. The first-order valence-electron chi connectivity index (χ1n) is 7.36. The molecular formula is C18H24O. The summed E-state index contributed by atoms with van der Waals surface area (Å²) >= 11 is 0. The lowest BCUT2D eigenvalue weighted by molar-refractivity contribution is 0.415. The van der Waals surface area contributed by atoms with Crippen LogP contribution in [0.15, 0.2) is 42.5 Å². The van der Waals surface area contributed by atoms with Gasteiger partial charge >= 0.3 is 0 Å². The Kier molecular flexibility index (Phi) is 5.26. The Labute approximate surface area is 117 Å². The lowest BCUT2D eigenvalue weighted by atomic mass is 9.89. The molecule has 0 saturated carbocycles. The van der Waals surface area contributed by atoms with Gasteiger partial charge in [-0.25, -0.2) is 0 Å². The largest absolute Gasteiger partial charge is 0.497 e. The number of benzene rings is 1. The van der Waals surface area contributed by atoms with E-state index in [0.717, 1.165) is 11.7 Å². The van der Waals surface area contributed by atoms with Crippen LogP contribution in [0, 0.1) is 5.92 Å². The van der Waals surface area contributed by atoms with E-state index in [-0.39, 0.29) is 0 Å². The van der Waals surface area contributed by atoms with Crippen molar-refractivity contribution in [3.8, 4) is 5.75 Å². The molecule has 0 fully saturated rings. The number of ether oxygens (including phenoxy) is 1. The average molecular weight is 256 g/mol. The van der Waals surface area contributed by atoms with E-state index in [0.29, 0.717) is 0 Å². The predicted octanol–water partition coefficient (Wildman–Crippen LogP) is 5.24. The number of rotatable bonds is 6. The molecule has 1 unspecified atom stereocenters. The molecule has 102 valence electrons. The molecule has 1 aliphatic rings. The molecule has 0 radical (unpaired) electrons. The van der Waals surface area contributed by atoms with E-state index in [1.165, 1.54) is 43.2 Å². The Morgan fingerprint density at radius 3 is 2.53 bits per heavy atom. The molecule has 2 rings (SSSR count). The van der Waals surface area contributed by atoms with Crippen LogP contribution in [0.25, 0.3) is 5.57 Å². The molecule has 1 heteroatoms. The summed E-state index contributed by atoms with van der Waals surface area (Å²) in [4.78, 5) is 0. The van der Waals surface area contributed by atoms with Gasteiger partial charge in [0.1, 0.15) is 5.75 Å². The zero-order chi connectivity index (χ0) is 13.5. The van der Waals surface area contributed by atoms with Crippen LogP contribution in [0.2, 0.25) is 0 Å². The second-order valence-electron chi connectivity index (χ2n) is 5.24. The van der Waals surface area contributed by atoms with Crippen molar-refractivity contribution in [3.63, 3.8) is 0 Å². The van der Waals surface area contributed by atoms with Crippen molar-refractivity contribution in [1.82, 2.24) is 0 Å². The zero-order valence-corrected chi connectivity index (χ0v) is 12.1. The predicted molar refractivity (Wildman–Crippen MR) is 82.4 cm³/mol. The summed E-state index contributed by atoms with van der Waals surface area (Å²) < 4.78 is 5.19. The van der Waals surface area contributed by atoms with Crippen LogP contribution in [-0.4, -0.2) is 7.11 Å². The normalized spacial score (nSPS) is 18.2. The smallest absolute Gasteiger partial charge is 0.118 e. The Morgan fingerprint density at radius 1 is 1.16 bits per heavy atom. The van der Waals surface area contributed by atoms with Crippen molar-refractivity contribution in [3.05, 3.63) is 48.1 Å². The standard InChI is InChI=1S/C18H24O/c1-3-4-5-6-15-7-9-16(10-8-15)17-11-13-18(19-2)14-12-17/h7,9-15H,3-6,8H2,1-2H3. The van der Waals surface area contributed by atoms with Gasteiger partial charge in [-0.05, 0) is 42.0 Å². The van der Waals surface area contributed by atoms with Crippen molar-refractivity contribution in [1.29, 1.82) is 0 Å². The SMILES string of the molecule is CCCCCC1C=CC(c2ccc(OC)cc2)=CC1. The van der Waals surface area contributed by atoms with Crippen LogP contribution in [0.1, 0.15) is 44.6 Å². The molecule has 1 aromatic rings. The van der Waals surface area contributed by atoms with Gasteiger partial charge in [-0.3, -0.25) is 0 Å². The quantitative estimate of drug-likeness (QED) is 0.633. The topological polar surface area (TPSA) is 9.23 Å². The molecule has 1 atom stereocenters. The maximum atomic E-state index is 5.19. The van der Waals surface area contributed by atoms with Gasteiger partial charge in [0.15, 0.2) is 0 Å². The Morgan fingerprint density at radius 2 is 1.95 bits per heavy atom. The highest BCUT2D eigenvalue weighted by Gasteiger charge is 2.09. The van der Waals surface area contributed by atoms with Crippen LogP contribution in [0.5, 0.6) is 5.75 Å². The molecular weight excluding hydrogens is 232 g/mol. The third-order valence-electron chi connectivity index (χ3n) is 3.79. The highest BCUT2D eigenvalue weighted by atomic mass is 16.5. The van der Waals surface area contributed by atoms with E-state index >= 15 is 0 Å². The van der Waals surface area contributed by atoms with Crippen LogP contribution in [-0.2, 0) is 0 Å². The Bertz CT molecular complexity index is 439. The number of methoxy groups -OCH3 is 1. The first kappa shape index (κ1) is 13.9. The summed E-state index contributed by atoms with van der Waals surface area (Å²) in [7, 11) is 1.70. The van der Waals surface area contributed by atoms with Crippen LogP contribution in [0.3, 0.4) is 0 Å². The Hall–Kier alpha value is -1.50. The highest BCUT2D eigenvalue weighted by molar-refractivity contribution is 5.75. The average Bonchev–Trinajstić information content (AvgIpc) is 2.48. The minimum atomic E-state index is 0.744. The van der Waals surface area contributed by atoms with Crippen molar-refractivity contribution in [2.24, 2.45) is 5.92 Å². The van der Waals surface area contributed by atoms with E-state index in [2.05, 4.69) is 37.3 Å². The minimum Gasteiger partial charge on any atom is -0.497 e. The maximum Gasteiger partial charge on any atom is 0.118 e. The molecule has 1 aliphatic carbocycles. The fourth-order valence-electron chi connectivity index (χ4n) is 2.53. The number of unbranched alkanes of at least 4 members (excludes halogenated alkanes) is 2. The molecule has 0 saturated heterocycles. The van der Waals surface area contributed by atoms with Crippen molar-refractivity contribution >= 4 is 5.57 Å². The van der Waals surface area contributed by atoms with Gasteiger partial charge in [0.05, 0.1) is 7.11 Å². The third-order valence-corrected chi connectivity index (χ3v) is 3.79. The maximum absolute atomic E-state index is 5.19. The molecule has 0 heterocycles. The van der Waals surface area contributed by atoms with Crippen LogP contribution in [0.4, 0.5) is 0 Å². The lowest BCUT2D eigenvalue weighted by Gasteiger charge is -2.16. The van der Waals surface area contributed by atoms with E-state index in [1.54, 1.807) is 7.11 Å². The molecule has 0 spiro atoms. The van der Waals surface area contributed by atoms with Gasteiger partial charge in [0.25, 0.3) is 0 Å². The summed E-state index contributed by atoms with van der Waals surface area (Å²) in [5, 5.41) is 0. The first-order chi connectivity index (χ1) is 9.33. The summed E-state index contributed by atoms with van der Waals surface area (Å²) in [5.74, 6) is 1.66. The fourth-order valence-corrected chi connectivity index (χ4v) is 2.53. The van der Waals surface area contributed by atoms with Gasteiger partial charge in [-0.15, -0.1) is 0 Å². The van der Waals surface area contributed by atoms with Crippen molar-refractivity contribution < 1.29 is 4.74 Å². The van der Waals surface area contributed by atoms with Gasteiger partial charge in [0.2, 0.25) is 0 Å². The molecule has 1 nitrogen and oxygen atoms in total. The summed E-state index contributed by atoms with van der Waals surface area (Å²) in [6, 6.07) is 8.31. The van der Waals surface area contributed by atoms with E-state index in [1.807, 2.05) is 12.1 Å². The molecule has 0 N–H and O–H groups in total. The number of hydrogen-bond donors (Lipinski definition) is 0. The molecule has 0 aromatic heterocycles. The van der Waals surface area contributed by atoms with Gasteiger partial charge in [-0.2, -0.15) is 0 Å². The van der Waals surface area contributed by atoms with Gasteiger partial charge in [-0.1, -0.05) is 56.5 Å². The second kappa shape index (κ2) is 7.18. The zero-order valence-electron chi connectivity index (χ0n) is 12.1. The molecule has 0 aliphatic heterocycles. The monoisotopic (exact) mass is 256 g/mol. The highest BCUT2D eigenvalue weighted by Crippen LogP contribution is 2.28. The van der Waals surface area contributed by atoms with Crippen LogP contribution >= 0.6 is 0 Å².